The largest absolute Gasteiger partial charge is 0.337 e. The first-order valence-corrected chi connectivity index (χ1v) is 7.54. The van der Waals surface area contributed by atoms with E-state index in [2.05, 4.69) is 11.9 Å². The highest BCUT2D eigenvalue weighted by atomic mass is 16.2. The zero-order valence-electron chi connectivity index (χ0n) is 12.3. The van der Waals surface area contributed by atoms with Gasteiger partial charge in [0.15, 0.2) is 0 Å². The molecule has 2 atom stereocenters. The van der Waals surface area contributed by atoms with E-state index in [9.17, 15) is 4.79 Å². The van der Waals surface area contributed by atoms with Crippen molar-refractivity contribution in [1.82, 2.24) is 9.88 Å². The molecule has 2 aromatic rings. The van der Waals surface area contributed by atoms with Crippen LogP contribution in [0.2, 0.25) is 0 Å². The van der Waals surface area contributed by atoms with Gasteiger partial charge < -0.3 is 10.6 Å². The fraction of sp³-hybridized carbons (Fsp3) is 0.412. The summed E-state index contributed by atoms with van der Waals surface area (Å²) in [7, 11) is 0. The lowest BCUT2D eigenvalue weighted by Crippen LogP contribution is -2.45. The maximum absolute atomic E-state index is 12.6. The number of piperidine rings is 1. The summed E-state index contributed by atoms with van der Waals surface area (Å²) >= 11 is 0. The first-order chi connectivity index (χ1) is 10.2. The third-order valence-electron chi connectivity index (χ3n) is 4.52. The molecule has 2 heterocycles. The molecule has 110 valence electrons. The number of para-hydroxylation sites is 1. The van der Waals surface area contributed by atoms with Gasteiger partial charge in [-0.3, -0.25) is 4.79 Å². The standard InChI is InChI=1S/C17H21N3O/c1-12-8-9-20(11-14(12)10-18)17(21)16-7-6-13-4-2-3-5-15(13)19-16/h2-7,12,14H,8-11,18H2,1H3. The first-order valence-electron chi connectivity index (χ1n) is 7.54. The van der Waals surface area contributed by atoms with E-state index in [-0.39, 0.29) is 5.91 Å². The van der Waals surface area contributed by atoms with Crippen LogP contribution >= 0.6 is 0 Å². The highest BCUT2D eigenvalue weighted by Gasteiger charge is 2.28. The second-order valence-corrected chi connectivity index (χ2v) is 5.90. The predicted molar refractivity (Wildman–Crippen MR) is 84.0 cm³/mol. The summed E-state index contributed by atoms with van der Waals surface area (Å²) in [5.74, 6) is 0.998. The lowest BCUT2D eigenvalue weighted by Gasteiger charge is -2.36. The number of carbonyl (C=O) groups is 1. The zero-order chi connectivity index (χ0) is 14.8. The van der Waals surface area contributed by atoms with Crippen molar-refractivity contribution < 1.29 is 4.79 Å². The minimum Gasteiger partial charge on any atom is -0.337 e. The quantitative estimate of drug-likeness (QED) is 0.920. The van der Waals surface area contributed by atoms with Gasteiger partial charge in [0.2, 0.25) is 0 Å². The van der Waals surface area contributed by atoms with Crippen molar-refractivity contribution in [3.8, 4) is 0 Å². The van der Waals surface area contributed by atoms with Gasteiger partial charge >= 0.3 is 0 Å². The van der Waals surface area contributed by atoms with Crippen LogP contribution in [0.5, 0.6) is 0 Å². The number of hydrogen-bond acceptors (Lipinski definition) is 3. The van der Waals surface area contributed by atoms with Crippen LogP contribution in [0, 0.1) is 11.8 Å². The monoisotopic (exact) mass is 283 g/mol. The van der Waals surface area contributed by atoms with E-state index in [0.717, 1.165) is 30.4 Å². The van der Waals surface area contributed by atoms with Crippen molar-refractivity contribution in [2.24, 2.45) is 17.6 Å². The van der Waals surface area contributed by atoms with Gasteiger partial charge in [-0.25, -0.2) is 4.98 Å². The van der Waals surface area contributed by atoms with Crippen LogP contribution in [0.3, 0.4) is 0 Å². The van der Waals surface area contributed by atoms with Crippen molar-refractivity contribution in [3.05, 3.63) is 42.1 Å². The molecule has 1 aromatic carbocycles. The number of carbonyl (C=O) groups excluding carboxylic acids is 1. The second kappa shape index (κ2) is 5.82. The maximum Gasteiger partial charge on any atom is 0.272 e. The van der Waals surface area contributed by atoms with Gasteiger partial charge in [-0.15, -0.1) is 0 Å². The Morgan fingerprint density at radius 1 is 1.33 bits per heavy atom. The number of likely N-dealkylation sites (tertiary alicyclic amines) is 1. The van der Waals surface area contributed by atoms with Crippen LogP contribution in [0.15, 0.2) is 36.4 Å². The molecule has 1 aliphatic heterocycles. The van der Waals surface area contributed by atoms with Crippen molar-refractivity contribution in [2.75, 3.05) is 19.6 Å². The molecule has 1 aromatic heterocycles. The van der Waals surface area contributed by atoms with Gasteiger partial charge in [0.25, 0.3) is 5.91 Å². The van der Waals surface area contributed by atoms with Gasteiger partial charge in [-0.05, 0) is 36.9 Å². The molecule has 1 aliphatic rings. The van der Waals surface area contributed by atoms with Crippen molar-refractivity contribution in [1.29, 1.82) is 0 Å². The number of nitrogens with two attached hydrogens (primary N) is 1. The lowest BCUT2D eigenvalue weighted by molar-refractivity contribution is 0.0613. The van der Waals surface area contributed by atoms with E-state index >= 15 is 0 Å². The molecule has 3 rings (SSSR count). The molecule has 0 bridgehead atoms. The molecule has 0 saturated carbocycles. The van der Waals surface area contributed by atoms with E-state index < -0.39 is 0 Å². The molecular weight excluding hydrogens is 262 g/mol. The van der Waals surface area contributed by atoms with E-state index in [1.54, 1.807) is 0 Å². The van der Waals surface area contributed by atoms with Gasteiger partial charge in [-0.2, -0.15) is 0 Å². The summed E-state index contributed by atoms with van der Waals surface area (Å²) in [6, 6.07) is 11.6. The van der Waals surface area contributed by atoms with Crippen LogP contribution in [-0.2, 0) is 0 Å². The number of nitrogens with zero attached hydrogens (tertiary/aromatic N) is 2. The van der Waals surface area contributed by atoms with Crippen LogP contribution in [0.25, 0.3) is 10.9 Å². The Morgan fingerprint density at radius 3 is 2.95 bits per heavy atom. The average Bonchev–Trinajstić information content (AvgIpc) is 2.54. The summed E-state index contributed by atoms with van der Waals surface area (Å²) < 4.78 is 0. The third kappa shape index (κ3) is 2.76. The van der Waals surface area contributed by atoms with Gasteiger partial charge in [0, 0.05) is 18.5 Å². The van der Waals surface area contributed by atoms with Gasteiger partial charge in [0.1, 0.15) is 5.69 Å². The summed E-state index contributed by atoms with van der Waals surface area (Å²) in [6.45, 7) is 4.39. The molecule has 2 unspecified atom stereocenters. The minimum absolute atomic E-state index is 0.0195. The van der Waals surface area contributed by atoms with Crippen molar-refractivity contribution in [3.63, 3.8) is 0 Å². The van der Waals surface area contributed by atoms with Crippen LogP contribution in [0.4, 0.5) is 0 Å². The van der Waals surface area contributed by atoms with Crippen molar-refractivity contribution >= 4 is 16.8 Å². The molecule has 1 saturated heterocycles. The Morgan fingerprint density at radius 2 is 2.14 bits per heavy atom. The number of fused-ring (bicyclic) bond motifs is 1. The highest BCUT2D eigenvalue weighted by molar-refractivity contribution is 5.95. The number of benzene rings is 1. The molecule has 4 nitrogen and oxygen atoms in total. The van der Waals surface area contributed by atoms with Crippen LogP contribution in [-0.4, -0.2) is 35.4 Å². The molecule has 0 spiro atoms. The minimum atomic E-state index is 0.0195. The number of rotatable bonds is 2. The molecule has 1 amide bonds. The number of pyridine rings is 1. The Labute approximate surface area is 125 Å². The van der Waals surface area contributed by atoms with E-state index in [1.807, 2.05) is 41.3 Å². The first kappa shape index (κ1) is 14.0. The molecule has 4 heteroatoms. The summed E-state index contributed by atoms with van der Waals surface area (Å²) in [4.78, 5) is 19.0. The molecule has 0 aliphatic carbocycles. The fourth-order valence-corrected chi connectivity index (χ4v) is 2.99. The second-order valence-electron chi connectivity index (χ2n) is 5.90. The topological polar surface area (TPSA) is 59.2 Å². The fourth-order valence-electron chi connectivity index (χ4n) is 2.99. The zero-order valence-corrected chi connectivity index (χ0v) is 12.3. The smallest absolute Gasteiger partial charge is 0.272 e. The van der Waals surface area contributed by atoms with E-state index in [0.29, 0.717) is 24.1 Å². The Balaban J connectivity index is 1.83. The SMILES string of the molecule is CC1CCN(C(=O)c2ccc3ccccc3n2)CC1CN. The summed E-state index contributed by atoms with van der Waals surface area (Å²) in [5, 5.41) is 1.06. The normalized spacial score (nSPS) is 22.5. The Bertz CT molecular complexity index is 655. The third-order valence-corrected chi connectivity index (χ3v) is 4.52. The number of amides is 1. The highest BCUT2D eigenvalue weighted by Crippen LogP contribution is 2.23. The van der Waals surface area contributed by atoms with E-state index in [4.69, 9.17) is 5.73 Å². The molecular formula is C17H21N3O. The molecule has 0 radical (unpaired) electrons. The van der Waals surface area contributed by atoms with Gasteiger partial charge in [-0.1, -0.05) is 31.2 Å². The Kier molecular flexibility index (Phi) is 3.88. The summed E-state index contributed by atoms with van der Waals surface area (Å²) in [6.07, 6.45) is 1.02. The van der Waals surface area contributed by atoms with Crippen molar-refractivity contribution in [2.45, 2.75) is 13.3 Å². The predicted octanol–water partition coefficient (Wildman–Crippen LogP) is 2.29. The van der Waals surface area contributed by atoms with E-state index in [1.165, 1.54) is 0 Å². The lowest BCUT2D eigenvalue weighted by atomic mass is 9.87. The molecule has 2 N–H and O–H groups in total. The Hall–Kier alpha value is -1.94. The molecule has 1 fully saturated rings. The number of hydrogen-bond donors (Lipinski definition) is 1. The molecule has 21 heavy (non-hydrogen) atoms. The summed E-state index contributed by atoms with van der Waals surface area (Å²) in [5.41, 5.74) is 7.21. The average molecular weight is 283 g/mol. The van der Waals surface area contributed by atoms with Crippen LogP contribution < -0.4 is 5.73 Å². The van der Waals surface area contributed by atoms with Gasteiger partial charge in [0.05, 0.1) is 5.52 Å². The van der Waals surface area contributed by atoms with Crippen LogP contribution in [0.1, 0.15) is 23.8 Å². The number of aromatic nitrogens is 1. The maximum atomic E-state index is 12.6.